The maximum absolute atomic E-state index is 13.6. The first-order chi connectivity index (χ1) is 14.5. The molecule has 0 bridgehead atoms. The van der Waals surface area contributed by atoms with Crippen molar-refractivity contribution in [3.63, 3.8) is 0 Å². The lowest BCUT2D eigenvalue weighted by Crippen LogP contribution is -2.34. The summed E-state index contributed by atoms with van der Waals surface area (Å²) >= 11 is 0. The van der Waals surface area contributed by atoms with Crippen LogP contribution in [0, 0.1) is 0 Å². The minimum absolute atomic E-state index is 0.0260. The molecule has 0 saturated carbocycles. The van der Waals surface area contributed by atoms with Crippen molar-refractivity contribution < 1.29 is 48.7 Å². The second kappa shape index (κ2) is 7.25. The number of alkyl halides is 8. The molecular formula is C16H10F8N4O3S. The number of sulfone groups is 1. The Hall–Kier alpha value is -3.04. The van der Waals surface area contributed by atoms with Crippen LogP contribution in [0.1, 0.15) is 18.1 Å². The quantitative estimate of drug-likeness (QED) is 0.436. The second-order valence-corrected chi connectivity index (χ2v) is 8.62. The third kappa shape index (κ3) is 3.93. The first kappa shape index (κ1) is 23.6. The number of aromatic nitrogens is 4. The predicted octanol–water partition coefficient (Wildman–Crippen LogP) is 4.15. The Kier molecular flexibility index (Phi) is 5.35. The van der Waals surface area contributed by atoms with Crippen LogP contribution in [0.3, 0.4) is 0 Å². The molecule has 0 aromatic carbocycles. The van der Waals surface area contributed by atoms with E-state index in [4.69, 9.17) is 0 Å². The fourth-order valence-electron chi connectivity index (χ4n) is 2.59. The number of hydrogen-bond donors (Lipinski definition) is 1. The van der Waals surface area contributed by atoms with Crippen LogP contribution in [0.5, 0.6) is 0 Å². The molecule has 0 saturated heterocycles. The van der Waals surface area contributed by atoms with E-state index in [9.17, 15) is 48.7 Å². The average molecular weight is 490 g/mol. The molecule has 0 fully saturated rings. The van der Waals surface area contributed by atoms with Crippen LogP contribution in [0.2, 0.25) is 0 Å². The summed E-state index contributed by atoms with van der Waals surface area (Å²) in [7, 11) is -4.34. The molecule has 0 spiro atoms. The van der Waals surface area contributed by atoms with Crippen molar-refractivity contribution in [2.75, 3.05) is 5.75 Å². The molecule has 0 unspecified atom stereocenters. The van der Waals surface area contributed by atoms with Gasteiger partial charge in [-0.2, -0.15) is 39.9 Å². The molecule has 1 aromatic heterocycles. The van der Waals surface area contributed by atoms with Gasteiger partial charge in [-0.3, -0.25) is 4.98 Å². The lowest BCUT2D eigenvalue weighted by Gasteiger charge is -2.20. The molecule has 32 heavy (non-hydrogen) atoms. The SMILES string of the molecule is CCS(=O)(=O)c1cc(C(F)(F)F)cnc1-c1nc2cc(C(F)(F)C(F)(F)F)cn(O)c-2n1. The fraction of sp³-hybridized carbons (Fsp3) is 0.312. The summed E-state index contributed by atoms with van der Waals surface area (Å²) in [5, 5.41) is 9.79. The summed E-state index contributed by atoms with van der Waals surface area (Å²) in [6, 6.07) is 0.530. The van der Waals surface area contributed by atoms with Gasteiger partial charge >= 0.3 is 18.3 Å². The molecule has 1 aromatic rings. The summed E-state index contributed by atoms with van der Waals surface area (Å²) in [5.41, 5.74) is -4.53. The van der Waals surface area contributed by atoms with Gasteiger partial charge in [-0.1, -0.05) is 6.92 Å². The van der Waals surface area contributed by atoms with E-state index in [2.05, 4.69) is 15.0 Å². The largest absolute Gasteiger partial charge is 0.458 e. The number of halogens is 8. The molecule has 0 amide bonds. The number of fused-ring (bicyclic) bond motifs is 1. The lowest BCUT2D eigenvalue weighted by molar-refractivity contribution is -0.289. The average Bonchev–Trinajstić information content (AvgIpc) is 3.10. The van der Waals surface area contributed by atoms with Gasteiger partial charge in [0, 0.05) is 6.20 Å². The number of hydrogen-bond acceptors (Lipinski definition) is 6. The van der Waals surface area contributed by atoms with Crippen LogP contribution in [-0.4, -0.2) is 45.2 Å². The summed E-state index contributed by atoms with van der Waals surface area (Å²) in [5.74, 6) is -7.40. The highest BCUT2D eigenvalue weighted by Crippen LogP contribution is 2.45. The monoisotopic (exact) mass is 490 g/mol. The predicted molar refractivity (Wildman–Crippen MR) is 89.7 cm³/mol. The van der Waals surface area contributed by atoms with Gasteiger partial charge < -0.3 is 5.21 Å². The van der Waals surface area contributed by atoms with Crippen molar-refractivity contribution in [3.8, 4) is 23.0 Å². The van der Waals surface area contributed by atoms with E-state index in [0.717, 1.165) is 6.92 Å². The van der Waals surface area contributed by atoms with Gasteiger partial charge in [0.2, 0.25) is 0 Å². The van der Waals surface area contributed by atoms with Crippen molar-refractivity contribution in [1.29, 1.82) is 0 Å². The Bertz CT molecular complexity index is 1250. The Morgan fingerprint density at radius 2 is 1.62 bits per heavy atom. The summed E-state index contributed by atoms with van der Waals surface area (Å²) in [4.78, 5) is 9.72. The summed E-state index contributed by atoms with van der Waals surface area (Å²) in [6.45, 7) is 1.13. The number of nitrogens with zero attached hydrogens (tertiary/aromatic N) is 4. The molecule has 0 atom stereocenters. The molecule has 174 valence electrons. The van der Waals surface area contributed by atoms with Crippen LogP contribution in [0.15, 0.2) is 29.4 Å². The molecular weight excluding hydrogens is 480 g/mol. The van der Waals surface area contributed by atoms with Gasteiger partial charge in [0.05, 0.1) is 28.0 Å². The molecule has 2 aliphatic heterocycles. The zero-order valence-electron chi connectivity index (χ0n) is 15.5. The van der Waals surface area contributed by atoms with Crippen LogP contribution in [0.25, 0.3) is 23.0 Å². The van der Waals surface area contributed by atoms with E-state index in [1.807, 2.05) is 0 Å². The van der Waals surface area contributed by atoms with Gasteiger partial charge in [-0.15, -0.1) is 0 Å². The maximum Gasteiger partial charge on any atom is 0.458 e. The van der Waals surface area contributed by atoms with Gasteiger partial charge in [-0.05, 0) is 12.1 Å². The zero-order chi connectivity index (χ0) is 24.3. The van der Waals surface area contributed by atoms with Crippen molar-refractivity contribution >= 4 is 9.84 Å². The molecule has 1 N–H and O–H groups in total. The highest BCUT2D eigenvalue weighted by atomic mass is 32.2. The molecule has 3 rings (SSSR count). The Balaban J connectivity index is 2.26. The Labute approximate surface area is 173 Å². The van der Waals surface area contributed by atoms with Crippen LogP contribution < -0.4 is 0 Å². The molecule has 0 radical (unpaired) electrons. The molecule has 2 aliphatic rings. The van der Waals surface area contributed by atoms with Gasteiger partial charge in [-0.25, -0.2) is 18.4 Å². The second-order valence-electron chi connectivity index (χ2n) is 6.37. The summed E-state index contributed by atoms with van der Waals surface area (Å²) in [6.07, 6.45) is -10.7. The standard InChI is InChI=1S/C16H10F8N4O3S/c1-2-32(30,31)10-4-7(15(19,20)21)5-25-11(10)12-26-9-3-8(6-28(29)13(9)27-12)14(17,18)16(22,23)24/h3-6,29H,2H2,1H3. The molecule has 3 heterocycles. The minimum Gasteiger partial charge on any atom is -0.427 e. The first-order valence-electron chi connectivity index (χ1n) is 8.34. The van der Waals surface area contributed by atoms with E-state index in [1.165, 1.54) is 0 Å². The van der Waals surface area contributed by atoms with Gasteiger partial charge in [0.25, 0.3) is 0 Å². The lowest BCUT2D eigenvalue weighted by atomic mass is 10.1. The fourth-order valence-corrected chi connectivity index (χ4v) is 3.65. The number of rotatable bonds is 4. The van der Waals surface area contributed by atoms with E-state index in [-0.39, 0.29) is 29.3 Å². The molecule has 0 aliphatic carbocycles. The minimum atomic E-state index is -6.01. The van der Waals surface area contributed by atoms with E-state index in [0.29, 0.717) is 0 Å². The highest BCUT2D eigenvalue weighted by Gasteiger charge is 2.59. The molecule has 7 nitrogen and oxygen atoms in total. The van der Waals surface area contributed by atoms with Crippen molar-refractivity contribution in [3.05, 3.63) is 35.7 Å². The molecule has 16 heteroatoms. The van der Waals surface area contributed by atoms with Crippen molar-refractivity contribution in [2.24, 2.45) is 0 Å². The van der Waals surface area contributed by atoms with Gasteiger partial charge in [0.1, 0.15) is 11.4 Å². The number of imidazole rings is 1. The maximum atomic E-state index is 13.6. The van der Waals surface area contributed by atoms with Crippen LogP contribution in [0.4, 0.5) is 35.1 Å². The Morgan fingerprint density at radius 1 is 1.00 bits per heavy atom. The third-order valence-electron chi connectivity index (χ3n) is 4.26. The normalized spacial score (nSPS) is 13.7. The van der Waals surface area contributed by atoms with Gasteiger partial charge in [0.15, 0.2) is 21.5 Å². The summed E-state index contributed by atoms with van der Waals surface area (Å²) < 4.78 is 129. The van der Waals surface area contributed by atoms with Crippen molar-refractivity contribution in [1.82, 2.24) is 19.7 Å². The van der Waals surface area contributed by atoms with E-state index >= 15 is 0 Å². The number of pyridine rings is 2. The van der Waals surface area contributed by atoms with E-state index < -0.39 is 72.9 Å². The Morgan fingerprint density at radius 3 is 2.16 bits per heavy atom. The van der Waals surface area contributed by atoms with Crippen LogP contribution >= 0.6 is 0 Å². The first-order valence-corrected chi connectivity index (χ1v) is 9.99. The topological polar surface area (TPSA) is 98.0 Å². The highest BCUT2D eigenvalue weighted by molar-refractivity contribution is 7.91. The van der Waals surface area contributed by atoms with E-state index in [1.54, 1.807) is 0 Å². The van der Waals surface area contributed by atoms with Crippen LogP contribution in [-0.2, 0) is 21.9 Å². The smallest absolute Gasteiger partial charge is 0.427 e. The third-order valence-corrected chi connectivity index (χ3v) is 6.00. The van der Waals surface area contributed by atoms with Crippen molar-refractivity contribution in [2.45, 2.75) is 30.1 Å². The zero-order valence-corrected chi connectivity index (χ0v) is 16.3.